The molecule has 0 unspecified atom stereocenters. The first-order valence-corrected chi connectivity index (χ1v) is 11.9. The Hall–Kier alpha value is -3.43. The third-order valence-corrected chi connectivity index (χ3v) is 6.82. The van der Waals surface area contributed by atoms with Gasteiger partial charge in [-0.3, -0.25) is 4.79 Å². The van der Waals surface area contributed by atoms with Gasteiger partial charge in [-0.25, -0.2) is 0 Å². The molecular formula is C27H26N2O7S. The Morgan fingerprint density at radius 2 is 1.70 bits per heavy atom. The summed E-state index contributed by atoms with van der Waals surface area (Å²) in [7, 11) is 1.53. The number of rotatable bonds is 6. The highest BCUT2D eigenvalue weighted by atomic mass is 32.1. The van der Waals surface area contributed by atoms with Gasteiger partial charge in [0.25, 0.3) is 0 Å². The number of aliphatic hydroxyl groups excluding tert-OH is 4. The predicted octanol–water partition coefficient (Wildman–Crippen LogP) is 2.61. The minimum absolute atomic E-state index is 0.0120. The fourth-order valence-corrected chi connectivity index (χ4v) is 4.95. The van der Waals surface area contributed by atoms with Crippen LogP contribution >= 0.6 is 12.2 Å². The van der Waals surface area contributed by atoms with Crippen LogP contribution in [0.15, 0.2) is 54.6 Å². The number of carbonyl (C=O) groups excluding carboxylic acids is 1. The number of nitrogens with zero attached hydrogens (tertiary/aromatic N) is 2. The maximum absolute atomic E-state index is 13.3. The quantitative estimate of drug-likeness (QED) is 0.283. The number of aliphatic hydroxyl groups is 4. The first-order valence-electron chi connectivity index (χ1n) is 11.5. The second kappa shape index (κ2) is 10.9. The lowest BCUT2D eigenvalue weighted by atomic mass is 9.89. The molecular weight excluding hydrogens is 496 g/mol. The molecule has 0 spiro atoms. The summed E-state index contributed by atoms with van der Waals surface area (Å²) >= 11 is 5.74. The van der Waals surface area contributed by atoms with Crippen molar-refractivity contribution in [3.8, 4) is 34.2 Å². The van der Waals surface area contributed by atoms with Gasteiger partial charge in [0.2, 0.25) is 0 Å². The van der Waals surface area contributed by atoms with Gasteiger partial charge in [-0.1, -0.05) is 54.7 Å². The van der Waals surface area contributed by atoms with Crippen LogP contribution in [0.4, 0.5) is 0 Å². The minimum Gasteiger partial charge on any atom is -0.497 e. The van der Waals surface area contributed by atoms with E-state index >= 15 is 0 Å². The molecule has 9 nitrogen and oxygen atoms in total. The zero-order chi connectivity index (χ0) is 26.9. The van der Waals surface area contributed by atoms with E-state index < -0.39 is 37.3 Å². The van der Waals surface area contributed by atoms with Gasteiger partial charge in [-0.15, -0.1) is 0 Å². The van der Waals surface area contributed by atoms with Gasteiger partial charge in [0.1, 0.15) is 40.9 Å². The molecule has 4 N–H and O–H groups in total. The van der Waals surface area contributed by atoms with Crippen LogP contribution in [0.3, 0.4) is 0 Å². The van der Waals surface area contributed by atoms with Crippen molar-refractivity contribution < 1.29 is 34.7 Å². The summed E-state index contributed by atoms with van der Waals surface area (Å²) in [6, 6.07) is 17.7. The molecule has 5 atom stereocenters. The van der Waals surface area contributed by atoms with Crippen molar-refractivity contribution in [1.82, 2.24) is 4.57 Å². The summed E-state index contributed by atoms with van der Waals surface area (Å²) in [5.74, 6) is 0.204. The normalized spacial score (nSPS) is 23.3. The van der Waals surface area contributed by atoms with E-state index in [4.69, 9.17) is 21.7 Å². The molecule has 2 aromatic carbocycles. The number of hydrogen-bond acceptors (Lipinski definition) is 9. The van der Waals surface area contributed by atoms with Crippen LogP contribution in [0.2, 0.25) is 0 Å². The predicted molar refractivity (Wildman–Crippen MR) is 136 cm³/mol. The van der Waals surface area contributed by atoms with E-state index in [0.717, 1.165) is 0 Å². The molecule has 10 heteroatoms. The smallest absolute Gasteiger partial charge is 0.164 e. The van der Waals surface area contributed by atoms with Crippen molar-refractivity contribution >= 4 is 18.0 Å². The molecule has 1 fully saturated rings. The molecule has 4 rings (SSSR count). The van der Waals surface area contributed by atoms with Crippen molar-refractivity contribution in [3.63, 3.8) is 0 Å². The van der Waals surface area contributed by atoms with E-state index in [0.29, 0.717) is 22.4 Å². The summed E-state index contributed by atoms with van der Waals surface area (Å²) in [4.78, 5) is 13.3. The molecule has 0 aliphatic carbocycles. The molecule has 1 aliphatic heterocycles. The van der Waals surface area contributed by atoms with E-state index in [1.807, 2.05) is 0 Å². The molecule has 0 saturated carbocycles. The fraction of sp³-hybridized carbons (Fsp3) is 0.296. The van der Waals surface area contributed by atoms with Crippen LogP contribution in [-0.4, -0.2) is 68.9 Å². The van der Waals surface area contributed by atoms with Gasteiger partial charge in [0, 0.05) is 5.56 Å². The number of aromatic nitrogens is 1. The summed E-state index contributed by atoms with van der Waals surface area (Å²) in [6.45, 7) is 0.709. The topological polar surface area (TPSA) is 145 Å². The lowest BCUT2D eigenvalue weighted by Crippen LogP contribution is -2.56. The Balaban J connectivity index is 2.14. The summed E-state index contributed by atoms with van der Waals surface area (Å²) in [5, 5.41) is 51.7. The first-order chi connectivity index (χ1) is 17.7. The molecule has 1 saturated heterocycles. The van der Waals surface area contributed by atoms with Gasteiger partial charge in [0.15, 0.2) is 12.0 Å². The van der Waals surface area contributed by atoms with Gasteiger partial charge >= 0.3 is 0 Å². The average molecular weight is 523 g/mol. The number of ketones is 1. The second-order valence-corrected chi connectivity index (χ2v) is 9.02. The number of methoxy groups -OCH3 is 1. The highest BCUT2D eigenvalue weighted by Crippen LogP contribution is 2.41. The zero-order valence-electron chi connectivity index (χ0n) is 20.1. The monoisotopic (exact) mass is 522 g/mol. The summed E-state index contributed by atoms with van der Waals surface area (Å²) < 4.78 is 12.3. The molecule has 0 bridgehead atoms. The van der Waals surface area contributed by atoms with E-state index in [2.05, 4.69) is 6.07 Å². The Morgan fingerprint density at radius 1 is 1.05 bits per heavy atom. The highest BCUT2D eigenvalue weighted by Gasteiger charge is 2.45. The summed E-state index contributed by atoms with van der Waals surface area (Å²) in [6.07, 6.45) is -7.61. The Labute approximate surface area is 218 Å². The van der Waals surface area contributed by atoms with Crippen molar-refractivity contribution in [1.29, 1.82) is 5.26 Å². The lowest BCUT2D eigenvalue weighted by Gasteiger charge is -2.42. The number of hydrogen-bond donors (Lipinski definition) is 4. The average Bonchev–Trinajstić information content (AvgIpc) is 2.92. The maximum Gasteiger partial charge on any atom is 0.164 e. The molecule has 3 aromatic rings. The molecule has 1 aliphatic rings. The van der Waals surface area contributed by atoms with Crippen LogP contribution in [-0.2, 0) is 4.74 Å². The second-order valence-electron chi connectivity index (χ2n) is 8.63. The van der Waals surface area contributed by atoms with Crippen molar-refractivity contribution in [3.05, 3.63) is 70.4 Å². The largest absolute Gasteiger partial charge is 0.497 e. The zero-order valence-corrected chi connectivity index (χ0v) is 20.9. The van der Waals surface area contributed by atoms with E-state index in [1.165, 1.54) is 18.6 Å². The van der Waals surface area contributed by atoms with E-state index in [-0.39, 0.29) is 27.2 Å². The molecule has 37 heavy (non-hydrogen) atoms. The number of benzene rings is 2. The standard InChI is InChI=1S/C27H26N2O7S/c1-14(31)20-21(15-8-10-17(35-2)11-9-15)18(12-28)27(37)29(22(20)16-6-4-3-5-7-16)26-25(34)24(33)23(32)19(13-30)36-26/h3-11,19,23-26,30,32-34H,13H2,1-2H3/t19-,23+,24+,25-,26+/m0/s1. The number of nitriles is 1. The van der Waals surface area contributed by atoms with Crippen LogP contribution in [0.5, 0.6) is 5.75 Å². The Bertz CT molecular complexity index is 1400. The number of ether oxygens (including phenoxy) is 2. The third kappa shape index (κ3) is 4.69. The number of carbonyl (C=O) groups is 1. The molecule has 1 aromatic heterocycles. The van der Waals surface area contributed by atoms with Crippen LogP contribution < -0.4 is 4.74 Å². The van der Waals surface area contributed by atoms with E-state index in [9.17, 15) is 30.5 Å². The molecule has 192 valence electrons. The van der Waals surface area contributed by atoms with E-state index in [1.54, 1.807) is 54.6 Å². The fourth-order valence-electron chi connectivity index (χ4n) is 4.60. The lowest BCUT2D eigenvalue weighted by molar-refractivity contribution is -0.251. The first kappa shape index (κ1) is 26.6. The van der Waals surface area contributed by atoms with Crippen molar-refractivity contribution in [2.24, 2.45) is 0 Å². The van der Waals surface area contributed by atoms with Gasteiger partial charge in [0.05, 0.1) is 30.5 Å². The van der Waals surface area contributed by atoms with Gasteiger partial charge in [-0.05, 0) is 30.2 Å². The number of pyridine rings is 1. The van der Waals surface area contributed by atoms with Crippen LogP contribution in [0.1, 0.15) is 29.1 Å². The number of Topliss-reactive ketones (excluding diaryl/α,β-unsaturated/α-hetero) is 1. The summed E-state index contributed by atoms with van der Waals surface area (Å²) in [5.41, 5.74) is 1.79. The Morgan fingerprint density at radius 3 is 2.24 bits per heavy atom. The van der Waals surface area contributed by atoms with Crippen molar-refractivity contribution in [2.45, 2.75) is 37.6 Å². The van der Waals surface area contributed by atoms with Crippen LogP contribution in [0, 0.1) is 16.0 Å². The Kier molecular flexibility index (Phi) is 7.85. The van der Waals surface area contributed by atoms with Gasteiger partial charge < -0.3 is 34.5 Å². The molecule has 0 radical (unpaired) electrons. The SMILES string of the molecule is COc1ccc(-c2c(C(C)=O)c(-c3ccccc3)n([C@@H]3O[C@@H](CO)[C@@H](O)[C@@H](O)[C@@H]3O)c(=S)c2C#N)cc1. The van der Waals surface area contributed by atoms with Crippen LogP contribution in [0.25, 0.3) is 22.4 Å². The minimum atomic E-state index is -1.69. The maximum atomic E-state index is 13.3. The third-order valence-electron chi connectivity index (χ3n) is 6.42. The molecule has 0 amide bonds. The van der Waals surface area contributed by atoms with Gasteiger partial charge in [-0.2, -0.15) is 5.26 Å². The molecule has 2 heterocycles. The highest BCUT2D eigenvalue weighted by molar-refractivity contribution is 7.71. The van der Waals surface area contributed by atoms with Crippen molar-refractivity contribution in [2.75, 3.05) is 13.7 Å².